The molecule has 1 atom stereocenters. The summed E-state index contributed by atoms with van der Waals surface area (Å²) >= 11 is 6.11. The summed E-state index contributed by atoms with van der Waals surface area (Å²) in [5.41, 5.74) is 7.50. The topological polar surface area (TPSA) is 105 Å². The second-order valence-electron chi connectivity index (χ2n) is 6.80. The third-order valence-corrected chi connectivity index (χ3v) is 5.23. The molecule has 0 bridgehead atoms. The van der Waals surface area contributed by atoms with Gasteiger partial charge in [0.05, 0.1) is 23.5 Å². The quantitative estimate of drug-likeness (QED) is 0.772. The molecule has 146 valence electrons. The van der Waals surface area contributed by atoms with E-state index < -0.39 is 17.7 Å². The molecule has 3 N–H and O–H groups in total. The standard InChI is InChI=1S/C20H21ClN4O3/c1-12-8-13(5-6-16(12)21)17-4-2-3-7-25(17)20(28)19(27)24-15-9-14(18(22)26)10-23-11-15/h5-6,8-11,17H,2-4,7H2,1H3,(H2,22,26)(H,24,27)/t17-/m0/s1. The number of piperidine rings is 1. The molecule has 1 aromatic heterocycles. The molecule has 7 nitrogen and oxygen atoms in total. The van der Waals surface area contributed by atoms with Crippen LogP contribution in [0.1, 0.15) is 46.8 Å². The van der Waals surface area contributed by atoms with E-state index in [4.69, 9.17) is 17.3 Å². The van der Waals surface area contributed by atoms with Gasteiger partial charge in [-0.2, -0.15) is 0 Å². The Morgan fingerprint density at radius 1 is 1.21 bits per heavy atom. The number of nitrogens with two attached hydrogens (primary N) is 1. The monoisotopic (exact) mass is 400 g/mol. The molecule has 0 radical (unpaired) electrons. The second kappa shape index (κ2) is 8.39. The molecule has 2 aromatic rings. The number of nitrogens with zero attached hydrogens (tertiary/aromatic N) is 2. The first-order valence-electron chi connectivity index (χ1n) is 8.99. The fraction of sp³-hybridized carbons (Fsp3) is 0.300. The molecule has 3 rings (SSSR count). The summed E-state index contributed by atoms with van der Waals surface area (Å²) in [7, 11) is 0. The third-order valence-electron chi connectivity index (χ3n) is 4.81. The van der Waals surface area contributed by atoms with Crippen LogP contribution in [-0.2, 0) is 9.59 Å². The van der Waals surface area contributed by atoms with Crippen molar-refractivity contribution in [2.24, 2.45) is 5.73 Å². The molecule has 3 amide bonds. The van der Waals surface area contributed by atoms with E-state index in [0.717, 1.165) is 30.4 Å². The molecule has 0 aliphatic carbocycles. The van der Waals surface area contributed by atoms with E-state index in [9.17, 15) is 14.4 Å². The van der Waals surface area contributed by atoms with Gasteiger partial charge in [-0.25, -0.2) is 0 Å². The maximum absolute atomic E-state index is 12.8. The van der Waals surface area contributed by atoms with E-state index >= 15 is 0 Å². The lowest BCUT2D eigenvalue weighted by Gasteiger charge is -2.35. The largest absolute Gasteiger partial charge is 0.366 e. The van der Waals surface area contributed by atoms with Gasteiger partial charge in [0.25, 0.3) is 0 Å². The van der Waals surface area contributed by atoms with Crippen LogP contribution >= 0.6 is 11.6 Å². The fourth-order valence-electron chi connectivity index (χ4n) is 3.35. The van der Waals surface area contributed by atoms with Crippen molar-refractivity contribution in [1.82, 2.24) is 9.88 Å². The minimum absolute atomic E-state index is 0.151. The number of anilines is 1. The van der Waals surface area contributed by atoms with Gasteiger partial charge in [-0.3, -0.25) is 19.4 Å². The maximum Gasteiger partial charge on any atom is 0.313 e. The van der Waals surface area contributed by atoms with Crippen LogP contribution in [0.3, 0.4) is 0 Å². The number of nitrogens with one attached hydrogen (secondary N) is 1. The molecular weight excluding hydrogens is 380 g/mol. The zero-order valence-electron chi connectivity index (χ0n) is 15.4. The summed E-state index contributed by atoms with van der Waals surface area (Å²) in [6.45, 7) is 2.41. The van der Waals surface area contributed by atoms with Crippen molar-refractivity contribution in [3.63, 3.8) is 0 Å². The van der Waals surface area contributed by atoms with E-state index in [2.05, 4.69) is 10.3 Å². The fourth-order valence-corrected chi connectivity index (χ4v) is 3.47. The Balaban J connectivity index is 1.78. The van der Waals surface area contributed by atoms with Crippen LogP contribution in [-0.4, -0.2) is 34.2 Å². The lowest BCUT2D eigenvalue weighted by atomic mass is 9.94. The Kier molecular flexibility index (Phi) is 5.94. The first-order chi connectivity index (χ1) is 13.4. The normalized spacial score (nSPS) is 16.5. The molecule has 28 heavy (non-hydrogen) atoms. The number of hydrogen-bond acceptors (Lipinski definition) is 4. The van der Waals surface area contributed by atoms with Crippen molar-refractivity contribution in [3.05, 3.63) is 58.4 Å². The predicted octanol–water partition coefficient (Wildman–Crippen LogP) is 2.83. The van der Waals surface area contributed by atoms with Gasteiger partial charge in [0, 0.05) is 17.8 Å². The van der Waals surface area contributed by atoms with Gasteiger partial charge in [0.2, 0.25) is 5.91 Å². The van der Waals surface area contributed by atoms with Crippen molar-refractivity contribution in [3.8, 4) is 0 Å². The van der Waals surface area contributed by atoms with Gasteiger partial charge in [-0.1, -0.05) is 23.7 Å². The van der Waals surface area contributed by atoms with Gasteiger partial charge in [0.1, 0.15) is 0 Å². The number of aromatic nitrogens is 1. The van der Waals surface area contributed by atoms with E-state index in [-0.39, 0.29) is 17.3 Å². The van der Waals surface area contributed by atoms with Crippen LogP contribution in [0.2, 0.25) is 5.02 Å². The first kappa shape index (κ1) is 19.8. The number of hydrogen-bond donors (Lipinski definition) is 2. The average Bonchev–Trinajstić information content (AvgIpc) is 2.69. The van der Waals surface area contributed by atoms with Crippen molar-refractivity contribution in [2.75, 3.05) is 11.9 Å². The third kappa shape index (κ3) is 4.31. The molecule has 0 unspecified atom stereocenters. The molecule has 1 aliphatic rings. The minimum atomic E-state index is -0.777. The zero-order valence-corrected chi connectivity index (χ0v) is 16.2. The predicted molar refractivity (Wildman–Crippen MR) is 106 cm³/mol. The lowest BCUT2D eigenvalue weighted by molar-refractivity contribution is -0.145. The van der Waals surface area contributed by atoms with Crippen LogP contribution in [0.25, 0.3) is 0 Å². The highest BCUT2D eigenvalue weighted by Crippen LogP contribution is 2.32. The first-order valence-corrected chi connectivity index (χ1v) is 9.37. The Morgan fingerprint density at radius 3 is 2.71 bits per heavy atom. The highest BCUT2D eigenvalue weighted by molar-refractivity contribution is 6.39. The zero-order chi connectivity index (χ0) is 20.3. The Hall–Kier alpha value is -2.93. The van der Waals surface area contributed by atoms with E-state index in [1.54, 1.807) is 4.90 Å². The van der Waals surface area contributed by atoms with E-state index in [1.165, 1.54) is 18.5 Å². The molecule has 0 saturated carbocycles. The molecule has 1 fully saturated rings. The highest BCUT2D eigenvalue weighted by atomic mass is 35.5. The minimum Gasteiger partial charge on any atom is -0.366 e. The maximum atomic E-state index is 12.8. The lowest BCUT2D eigenvalue weighted by Crippen LogP contribution is -2.44. The molecular formula is C20H21ClN4O3. The van der Waals surface area contributed by atoms with Crippen molar-refractivity contribution in [1.29, 1.82) is 0 Å². The summed E-state index contributed by atoms with van der Waals surface area (Å²) < 4.78 is 0. The van der Waals surface area contributed by atoms with Crippen molar-refractivity contribution < 1.29 is 14.4 Å². The highest BCUT2D eigenvalue weighted by Gasteiger charge is 2.32. The number of primary amides is 1. The van der Waals surface area contributed by atoms with Crippen LogP contribution < -0.4 is 11.1 Å². The Bertz CT molecular complexity index is 931. The number of amides is 3. The number of carbonyl (C=O) groups excluding carboxylic acids is 3. The van der Waals surface area contributed by atoms with Gasteiger partial charge in [0.15, 0.2) is 0 Å². The number of halogens is 1. The SMILES string of the molecule is Cc1cc([C@@H]2CCCCN2C(=O)C(=O)Nc2cncc(C(N)=O)c2)ccc1Cl. The summed E-state index contributed by atoms with van der Waals surface area (Å²) in [5.74, 6) is -2.06. The van der Waals surface area contributed by atoms with Crippen LogP contribution in [0.5, 0.6) is 0 Å². The number of pyridine rings is 1. The number of likely N-dealkylation sites (tertiary alicyclic amines) is 1. The van der Waals surface area contributed by atoms with Crippen LogP contribution in [0, 0.1) is 6.92 Å². The van der Waals surface area contributed by atoms with Crippen LogP contribution in [0.15, 0.2) is 36.7 Å². The molecule has 0 spiro atoms. The molecule has 1 aromatic carbocycles. The number of carbonyl (C=O) groups is 3. The Labute approximate surface area is 167 Å². The molecule has 1 saturated heterocycles. The van der Waals surface area contributed by atoms with Gasteiger partial charge in [-0.05, 0) is 49.4 Å². The number of aryl methyl sites for hydroxylation is 1. The van der Waals surface area contributed by atoms with Crippen molar-refractivity contribution in [2.45, 2.75) is 32.2 Å². The number of benzene rings is 1. The van der Waals surface area contributed by atoms with E-state index in [1.807, 2.05) is 25.1 Å². The average molecular weight is 401 g/mol. The second-order valence-corrected chi connectivity index (χ2v) is 7.21. The smallest absolute Gasteiger partial charge is 0.313 e. The van der Waals surface area contributed by atoms with E-state index in [0.29, 0.717) is 11.6 Å². The summed E-state index contributed by atoms with van der Waals surface area (Å²) in [4.78, 5) is 42.1. The van der Waals surface area contributed by atoms with Gasteiger partial charge in [-0.15, -0.1) is 0 Å². The Morgan fingerprint density at radius 2 is 2.00 bits per heavy atom. The summed E-state index contributed by atoms with van der Waals surface area (Å²) in [6.07, 6.45) is 5.24. The van der Waals surface area contributed by atoms with Crippen LogP contribution in [0.4, 0.5) is 5.69 Å². The van der Waals surface area contributed by atoms with Crippen molar-refractivity contribution >= 4 is 35.0 Å². The molecule has 2 heterocycles. The molecule has 8 heteroatoms. The summed E-state index contributed by atoms with van der Waals surface area (Å²) in [6, 6.07) is 6.86. The van der Waals surface area contributed by atoms with Gasteiger partial charge < -0.3 is 16.0 Å². The number of rotatable bonds is 3. The summed E-state index contributed by atoms with van der Waals surface area (Å²) in [5, 5.41) is 3.17. The van der Waals surface area contributed by atoms with Gasteiger partial charge >= 0.3 is 11.8 Å². The molecule has 1 aliphatic heterocycles.